The van der Waals surface area contributed by atoms with Gasteiger partial charge in [-0.1, -0.05) is 26.0 Å². The zero-order chi connectivity index (χ0) is 18.3. The summed E-state index contributed by atoms with van der Waals surface area (Å²) in [6.45, 7) is 4.00. The number of nitrogens with one attached hydrogen (secondary N) is 2. The second-order valence-electron chi connectivity index (χ2n) is 5.56. The molecule has 0 saturated heterocycles. The van der Waals surface area contributed by atoms with Crippen LogP contribution in [0.5, 0.6) is 5.75 Å². The molecule has 1 saturated carbocycles. The molecule has 1 aromatic carbocycles. The molecule has 2 aromatic rings. The highest BCUT2D eigenvalue weighted by atomic mass is 16.5. The number of carbonyl (C=O) groups is 1. The number of benzene rings is 1. The van der Waals surface area contributed by atoms with Crippen molar-refractivity contribution in [3.8, 4) is 5.75 Å². The topological polar surface area (TPSA) is 102 Å². The van der Waals surface area contributed by atoms with Gasteiger partial charge < -0.3 is 10.1 Å². The maximum atomic E-state index is 11.4. The van der Waals surface area contributed by atoms with E-state index >= 15 is 0 Å². The van der Waals surface area contributed by atoms with Crippen molar-refractivity contribution in [2.24, 2.45) is 5.84 Å². The maximum absolute atomic E-state index is 11.4. The van der Waals surface area contributed by atoms with Gasteiger partial charge in [0.15, 0.2) is 0 Å². The largest absolute Gasteiger partial charge is 0.497 e. The zero-order valence-corrected chi connectivity index (χ0v) is 14.9. The number of anilines is 1. The van der Waals surface area contributed by atoms with Crippen molar-refractivity contribution in [1.29, 1.82) is 0 Å². The second-order valence-corrected chi connectivity index (χ2v) is 5.56. The van der Waals surface area contributed by atoms with Crippen LogP contribution in [-0.4, -0.2) is 23.0 Å². The standard InChI is InChI=1S/C16H19N5O2.C2H6/c1-23-13-5-2-4-12(8-13)16(6-3-7-16)20-15-18-9-11(10-19-15)14(22)21-17;1-2/h2,4-5,8-10H,3,6-7,17H2,1H3,(H,21,22)(H,18,19,20);1-2H3. The van der Waals surface area contributed by atoms with E-state index in [-0.39, 0.29) is 5.54 Å². The van der Waals surface area contributed by atoms with Crippen LogP contribution in [0.4, 0.5) is 5.95 Å². The first-order valence-electron chi connectivity index (χ1n) is 8.42. The third-order valence-electron chi connectivity index (χ3n) is 4.23. The van der Waals surface area contributed by atoms with Gasteiger partial charge in [0.2, 0.25) is 5.95 Å². The number of nitrogens with zero attached hydrogens (tertiary/aromatic N) is 2. The summed E-state index contributed by atoms with van der Waals surface area (Å²) in [5, 5.41) is 3.40. The molecule has 4 N–H and O–H groups in total. The molecule has 1 amide bonds. The lowest BCUT2D eigenvalue weighted by Gasteiger charge is -2.43. The lowest BCUT2D eigenvalue weighted by atomic mass is 9.72. The van der Waals surface area contributed by atoms with Crippen molar-refractivity contribution in [3.05, 3.63) is 47.8 Å². The molecule has 0 aliphatic heterocycles. The number of amides is 1. The number of nitrogens with two attached hydrogens (primary N) is 1. The Kier molecular flexibility index (Phi) is 6.30. The molecule has 25 heavy (non-hydrogen) atoms. The predicted molar refractivity (Wildman–Crippen MR) is 97.2 cm³/mol. The Hall–Kier alpha value is -2.67. The molecule has 134 valence electrons. The minimum Gasteiger partial charge on any atom is -0.497 e. The molecule has 1 aliphatic carbocycles. The summed E-state index contributed by atoms with van der Waals surface area (Å²) in [6, 6.07) is 8.01. The number of aromatic nitrogens is 2. The number of hydrogen-bond donors (Lipinski definition) is 3. The average Bonchev–Trinajstić information content (AvgIpc) is 2.66. The molecular formula is C18H25N5O2. The van der Waals surface area contributed by atoms with E-state index in [9.17, 15) is 4.79 Å². The van der Waals surface area contributed by atoms with Gasteiger partial charge in [0, 0.05) is 12.4 Å². The number of ether oxygens (including phenoxy) is 1. The lowest BCUT2D eigenvalue weighted by molar-refractivity contribution is 0.0953. The molecule has 1 fully saturated rings. The van der Waals surface area contributed by atoms with E-state index in [1.807, 2.05) is 32.0 Å². The highest BCUT2D eigenvalue weighted by Gasteiger charge is 2.39. The van der Waals surface area contributed by atoms with Gasteiger partial charge in [-0.3, -0.25) is 10.2 Å². The number of hydrazine groups is 1. The zero-order valence-electron chi connectivity index (χ0n) is 14.9. The highest BCUT2D eigenvalue weighted by Crippen LogP contribution is 2.44. The van der Waals surface area contributed by atoms with Crippen LogP contribution in [0, 0.1) is 0 Å². The molecule has 1 heterocycles. The van der Waals surface area contributed by atoms with Crippen molar-refractivity contribution < 1.29 is 9.53 Å². The third kappa shape index (κ3) is 4.06. The van der Waals surface area contributed by atoms with Crippen LogP contribution in [0.15, 0.2) is 36.7 Å². The third-order valence-corrected chi connectivity index (χ3v) is 4.23. The Morgan fingerprint density at radius 2 is 1.92 bits per heavy atom. The van der Waals surface area contributed by atoms with E-state index < -0.39 is 5.91 Å². The molecule has 1 aliphatic rings. The van der Waals surface area contributed by atoms with Crippen molar-refractivity contribution in [2.75, 3.05) is 12.4 Å². The van der Waals surface area contributed by atoms with Gasteiger partial charge in [0.05, 0.1) is 18.2 Å². The van der Waals surface area contributed by atoms with E-state index in [0.29, 0.717) is 11.5 Å². The summed E-state index contributed by atoms with van der Waals surface area (Å²) in [5.74, 6) is 5.99. The minimum absolute atomic E-state index is 0.188. The molecule has 0 radical (unpaired) electrons. The van der Waals surface area contributed by atoms with Gasteiger partial charge in [-0.15, -0.1) is 0 Å². The SMILES string of the molecule is CC.COc1cccc(C2(Nc3ncc(C(=O)NN)cn3)CCC2)c1. The van der Waals surface area contributed by atoms with E-state index in [4.69, 9.17) is 10.6 Å². The second kappa shape index (κ2) is 8.43. The van der Waals surface area contributed by atoms with Gasteiger partial charge in [0.1, 0.15) is 5.75 Å². The molecule has 3 rings (SSSR count). The number of rotatable bonds is 5. The van der Waals surface area contributed by atoms with Gasteiger partial charge in [-0.05, 0) is 37.0 Å². The fourth-order valence-corrected chi connectivity index (χ4v) is 2.74. The lowest BCUT2D eigenvalue weighted by Crippen LogP contribution is -2.42. The van der Waals surface area contributed by atoms with Crippen LogP contribution in [0.3, 0.4) is 0 Å². The molecule has 0 unspecified atom stereocenters. The quantitative estimate of drug-likeness (QED) is 0.438. The number of hydrogen-bond acceptors (Lipinski definition) is 6. The Labute approximate surface area is 148 Å². The maximum Gasteiger partial charge on any atom is 0.268 e. The van der Waals surface area contributed by atoms with E-state index in [1.54, 1.807) is 7.11 Å². The average molecular weight is 343 g/mol. The molecule has 1 aromatic heterocycles. The van der Waals surface area contributed by atoms with Crippen LogP contribution in [-0.2, 0) is 5.54 Å². The van der Waals surface area contributed by atoms with Gasteiger partial charge >= 0.3 is 0 Å². The van der Waals surface area contributed by atoms with Crippen LogP contribution in [0.1, 0.15) is 49.0 Å². The van der Waals surface area contributed by atoms with E-state index in [2.05, 4.69) is 26.8 Å². The van der Waals surface area contributed by atoms with E-state index in [1.165, 1.54) is 12.4 Å². The first kappa shape index (κ1) is 18.7. The summed E-state index contributed by atoms with van der Waals surface area (Å²) in [6.07, 6.45) is 6.03. The molecule has 7 nitrogen and oxygen atoms in total. The Bertz CT molecular complexity index is 699. The van der Waals surface area contributed by atoms with Gasteiger partial charge in [0.25, 0.3) is 5.91 Å². The highest BCUT2D eigenvalue weighted by molar-refractivity contribution is 5.93. The minimum atomic E-state index is -0.414. The number of nitrogen functional groups attached to an aromatic ring is 1. The van der Waals surface area contributed by atoms with Crippen molar-refractivity contribution in [1.82, 2.24) is 15.4 Å². The summed E-state index contributed by atoms with van der Waals surface area (Å²) in [5.41, 5.74) is 3.34. The Morgan fingerprint density at radius 3 is 2.44 bits per heavy atom. The summed E-state index contributed by atoms with van der Waals surface area (Å²) in [7, 11) is 1.66. The van der Waals surface area contributed by atoms with Crippen LogP contribution in [0.2, 0.25) is 0 Å². The smallest absolute Gasteiger partial charge is 0.268 e. The summed E-state index contributed by atoms with van der Waals surface area (Å²) >= 11 is 0. The Morgan fingerprint density at radius 1 is 1.24 bits per heavy atom. The molecular weight excluding hydrogens is 318 g/mol. The number of carbonyl (C=O) groups excluding carboxylic acids is 1. The van der Waals surface area contributed by atoms with E-state index in [0.717, 1.165) is 30.6 Å². The molecule has 0 atom stereocenters. The van der Waals surface area contributed by atoms with Gasteiger partial charge in [-0.25, -0.2) is 15.8 Å². The summed E-state index contributed by atoms with van der Waals surface area (Å²) in [4.78, 5) is 19.8. The normalized spacial score (nSPS) is 14.4. The molecule has 7 heteroatoms. The van der Waals surface area contributed by atoms with Crippen LogP contribution >= 0.6 is 0 Å². The predicted octanol–water partition coefficient (Wildman–Crippen LogP) is 2.61. The fourth-order valence-electron chi connectivity index (χ4n) is 2.74. The van der Waals surface area contributed by atoms with Crippen LogP contribution < -0.4 is 21.3 Å². The number of methoxy groups -OCH3 is 1. The first-order chi connectivity index (χ1) is 12.2. The summed E-state index contributed by atoms with van der Waals surface area (Å²) < 4.78 is 5.31. The Balaban J connectivity index is 0.00000109. The van der Waals surface area contributed by atoms with Crippen LogP contribution in [0.25, 0.3) is 0 Å². The first-order valence-corrected chi connectivity index (χ1v) is 8.42. The monoisotopic (exact) mass is 343 g/mol. The van der Waals surface area contributed by atoms with Crippen molar-refractivity contribution >= 4 is 11.9 Å². The van der Waals surface area contributed by atoms with Crippen molar-refractivity contribution in [2.45, 2.75) is 38.6 Å². The molecule has 0 bridgehead atoms. The molecule has 0 spiro atoms. The van der Waals surface area contributed by atoms with Gasteiger partial charge in [-0.2, -0.15) is 0 Å². The van der Waals surface area contributed by atoms with Crippen molar-refractivity contribution in [3.63, 3.8) is 0 Å². The fraction of sp³-hybridized carbons (Fsp3) is 0.389.